The van der Waals surface area contributed by atoms with Crippen LogP contribution in [0.5, 0.6) is 11.5 Å². The van der Waals surface area contributed by atoms with Gasteiger partial charge in [0.15, 0.2) is 0 Å². The SMILES string of the molecule is CCNc1nc2ccc(-c3ccc4c(c3)CN(c3nc(CC)nc5cc(OC)ccc35)CCO4)cc2[nH]1. The van der Waals surface area contributed by atoms with Gasteiger partial charge in [-0.15, -0.1) is 0 Å². The molecular formula is C29H30N6O2. The number of nitrogens with one attached hydrogen (secondary N) is 2. The first-order valence-corrected chi connectivity index (χ1v) is 12.7. The van der Waals surface area contributed by atoms with Gasteiger partial charge in [0.05, 0.1) is 30.2 Å². The molecule has 0 saturated carbocycles. The number of ether oxygens (including phenoxy) is 2. The van der Waals surface area contributed by atoms with E-state index in [1.165, 1.54) is 0 Å². The summed E-state index contributed by atoms with van der Waals surface area (Å²) in [5.74, 6) is 4.25. The van der Waals surface area contributed by atoms with Gasteiger partial charge in [0, 0.05) is 36.5 Å². The molecule has 1 aliphatic rings. The predicted molar refractivity (Wildman–Crippen MR) is 148 cm³/mol. The third-order valence-corrected chi connectivity index (χ3v) is 6.75. The van der Waals surface area contributed by atoms with E-state index in [4.69, 9.17) is 19.4 Å². The van der Waals surface area contributed by atoms with Crippen LogP contribution in [0.3, 0.4) is 0 Å². The third kappa shape index (κ3) is 4.39. The summed E-state index contributed by atoms with van der Waals surface area (Å²) in [5, 5.41) is 4.26. The fraction of sp³-hybridized carbons (Fsp3) is 0.276. The number of anilines is 2. The lowest BCUT2D eigenvalue weighted by Crippen LogP contribution is -2.27. The van der Waals surface area contributed by atoms with Gasteiger partial charge >= 0.3 is 0 Å². The molecule has 5 aromatic rings. The minimum absolute atomic E-state index is 0.586. The summed E-state index contributed by atoms with van der Waals surface area (Å²) in [4.78, 5) is 20.0. The van der Waals surface area contributed by atoms with Crippen LogP contribution in [-0.2, 0) is 13.0 Å². The standard InChI is InChI=1S/C29H30N6O2/c1-4-27-31-24-16-21(36-3)8-9-22(24)28(34-27)35-12-13-37-26-11-7-18(14-20(26)17-35)19-6-10-23-25(15-19)33-29(32-23)30-5-2/h6-11,14-16H,4-5,12-13,17H2,1-3H3,(H2,30,32,33). The van der Waals surface area contributed by atoms with E-state index in [1.807, 2.05) is 18.2 Å². The highest BCUT2D eigenvalue weighted by Gasteiger charge is 2.21. The monoisotopic (exact) mass is 494 g/mol. The Morgan fingerprint density at radius 2 is 1.84 bits per heavy atom. The number of imidazole rings is 1. The van der Waals surface area contributed by atoms with Crippen LogP contribution in [-0.4, -0.2) is 46.7 Å². The Morgan fingerprint density at radius 3 is 2.68 bits per heavy atom. The van der Waals surface area contributed by atoms with Gasteiger partial charge in [-0.25, -0.2) is 15.0 Å². The van der Waals surface area contributed by atoms with E-state index in [-0.39, 0.29) is 0 Å². The molecule has 3 aromatic carbocycles. The van der Waals surface area contributed by atoms with Gasteiger partial charge in [0.25, 0.3) is 0 Å². The van der Waals surface area contributed by atoms with Crippen molar-refractivity contribution in [1.82, 2.24) is 19.9 Å². The maximum atomic E-state index is 6.17. The Balaban J connectivity index is 1.37. The maximum Gasteiger partial charge on any atom is 0.201 e. The minimum Gasteiger partial charge on any atom is -0.497 e. The predicted octanol–water partition coefficient (Wildman–Crippen LogP) is 5.57. The molecule has 0 amide bonds. The van der Waals surface area contributed by atoms with Gasteiger partial charge in [-0.05, 0) is 54.4 Å². The van der Waals surface area contributed by atoms with E-state index in [2.05, 4.69) is 70.4 Å². The average Bonchev–Trinajstić information content (AvgIpc) is 3.21. The summed E-state index contributed by atoms with van der Waals surface area (Å²) in [7, 11) is 1.68. The van der Waals surface area contributed by atoms with Crippen molar-refractivity contribution in [2.24, 2.45) is 0 Å². The van der Waals surface area contributed by atoms with E-state index in [0.29, 0.717) is 13.2 Å². The van der Waals surface area contributed by atoms with E-state index in [1.54, 1.807) is 7.11 Å². The lowest BCUT2D eigenvalue weighted by atomic mass is 10.0. The van der Waals surface area contributed by atoms with Crippen LogP contribution in [0.1, 0.15) is 25.2 Å². The second-order valence-corrected chi connectivity index (χ2v) is 9.14. The van der Waals surface area contributed by atoms with Crippen LogP contribution in [0, 0.1) is 0 Å². The van der Waals surface area contributed by atoms with Crippen LogP contribution in [0.2, 0.25) is 0 Å². The molecule has 3 heterocycles. The van der Waals surface area contributed by atoms with Gasteiger partial charge in [-0.1, -0.05) is 19.1 Å². The molecule has 0 aliphatic carbocycles. The number of nitrogens with zero attached hydrogens (tertiary/aromatic N) is 4. The van der Waals surface area contributed by atoms with E-state index in [9.17, 15) is 0 Å². The normalized spacial score (nSPS) is 13.3. The van der Waals surface area contributed by atoms with Gasteiger partial charge in [-0.3, -0.25) is 0 Å². The van der Waals surface area contributed by atoms with Crippen molar-refractivity contribution >= 4 is 33.7 Å². The Kier molecular flexibility index (Phi) is 6.00. The zero-order valence-electron chi connectivity index (χ0n) is 21.3. The Labute approximate surface area is 215 Å². The Hall–Kier alpha value is -4.33. The highest BCUT2D eigenvalue weighted by atomic mass is 16.5. The third-order valence-electron chi connectivity index (χ3n) is 6.75. The number of rotatable bonds is 6. The largest absolute Gasteiger partial charge is 0.497 e. The van der Waals surface area contributed by atoms with Gasteiger partial charge < -0.3 is 24.7 Å². The second-order valence-electron chi connectivity index (χ2n) is 9.14. The number of H-pyrrole nitrogens is 1. The molecule has 8 heteroatoms. The Morgan fingerprint density at radius 1 is 0.973 bits per heavy atom. The van der Waals surface area contributed by atoms with Crippen LogP contribution in [0.15, 0.2) is 54.6 Å². The number of aromatic amines is 1. The van der Waals surface area contributed by atoms with Gasteiger partial charge in [-0.2, -0.15) is 0 Å². The van der Waals surface area contributed by atoms with Crippen molar-refractivity contribution in [3.8, 4) is 22.6 Å². The first-order valence-electron chi connectivity index (χ1n) is 12.7. The number of hydrogen-bond acceptors (Lipinski definition) is 7. The molecule has 2 aromatic heterocycles. The lowest BCUT2D eigenvalue weighted by molar-refractivity contribution is 0.331. The molecule has 37 heavy (non-hydrogen) atoms. The molecule has 0 saturated heterocycles. The highest BCUT2D eigenvalue weighted by molar-refractivity contribution is 5.90. The molecule has 0 spiro atoms. The van der Waals surface area contributed by atoms with Crippen LogP contribution in [0.4, 0.5) is 11.8 Å². The van der Waals surface area contributed by atoms with E-state index >= 15 is 0 Å². The van der Waals surface area contributed by atoms with Crippen molar-refractivity contribution in [2.45, 2.75) is 26.8 Å². The summed E-state index contributed by atoms with van der Waals surface area (Å²) >= 11 is 0. The summed E-state index contributed by atoms with van der Waals surface area (Å²) in [6.07, 6.45) is 0.761. The summed E-state index contributed by atoms with van der Waals surface area (Å²) in [5.41, 5.74) is 6.25. The average molecular weight is 495 g/mol. The van der Waals surface area contributed by atoms with Crippen molar-refractivity contribution < 1.29 is 9.47 Å². The van der Waals surface area contributed by atoms with Crippen LogP contribution < -0.4 is 19.7 Å². The molecule has 0 atom stereocenters. The van der Waals surface area contributed by atoms with Gasteiger partial charge in [0.2, 0.25) is 5.95 Å². The van der Waals surface area contributed by atoms with Gasteiger partial charge in [0.1, 0.15) is 29.7 Å². The van der Waals surface area contributed by atoms with E-state index in [0.717, 1.165) is 87.2 Å². The molecule has 188 valence electrons. The number of methoxy groups -OCH3 is 1. The molecule has 0 unspecified atom stereocenters. The molecule has 2 N–H and O–H groups in total. The summed E-state index contributed by atoms with van der Waals surface area (Å²) < 4.78 is 11.6. The van der Waals surface area contributed by atoms with Crippen molar-refractivity contribution in [3.05, 3.63) is 66.0 Å². The number of fused-ring (bicyclic) bond motifs is 3. The first kappa shape index (κ1) is 23.1. The quantitative estimate of drug-likeness (QED) is 0.319. The van der Waals surface area contributed by atoms with E-state index < -0.39 is 0 Å². The lowest BCUT2D eigenvalue weighted by Gasteiger charge is -2.23. The van der Waals surface area contributed by atoms with Crippen LogP contribution >= 0.6 is 0 Å². The minimum atomic E-state index is 0.586. The summed E-state index contributed by atoms with van der Waals surface area (Å²) in [6, 6.07) is 18.8. The molecule has 0 fully saturated rings. The first-order chi connectivity index (χ1) is 18.1. The molecular weight excluding hydrogens is 464 g/mol. The highest BCUT2D eigenvalue weighted by Crippen LogP contribution is 2.34. The topological polar surface area (TPSA) is 88.2 Å². The number of aromatic nitrogens is 4. The summed E-state index contributed by atoms with van der Waals surface area (Å²) in [6.45, 7) is 6.98. The smallest absolute Gasteiger partial charge is 0.201 e. The molecule has 1 aliphatic heterocycles. The van der Waals surface area contributed by atoms with Crippen molar-refractivity contribution in [3.63, 3.8) is 0 Å². The zero-order valence-corrected chi connectivity index (χ0v) is 21.3. The zero-order chi connectivity index (χ0) is 25.4. The molecule has 0 bridgehead atoms. The Bertz CT molecular complexity index is 1590. The molecule has 0 radical (unpaired) electrons. The number of benzene rings is 3. The fourth-order valence-electron chi connectivity index (χ4n) is 4.86. The molecule has 6 rings (SSSR count). The van der Waals surface area contributed by atoms with Crippen molar-refractivity contribution in [2.75, 3.05) is 37.0 Å². The number of aryl methyl sites for hydroxylation is 1. The number of hydrogen-bond donors (Lipinski definition) is 2. The second kappa shape index (κ2) is 9.61. The molecule has 8 nitrogen and oxygen atoms in total. The maximum absolute atomic E-state index is 6.17. The van der Waals surface area contributed by atoms with Crippen LogP contribution in [0.25, 0.3) is 33.1 Å². The van der Waals surface area contributed by atoms with Crippen molar-refractivity contribution in [1.29, 1.82) is 0 Å². The fourth-order valence-corrected chi connectivity index (χ4v) is 4.86.